The van der Waals surface area contributed by atoms with Gasteiger partial charge in [-0.3, -0.25) is 18.6 Å². The second-order valence-corrected chi connectivity index (χ2v) is 15.2. The summed E-state index contributed by atoms with van der Waals surface area (Å²) < 4.78 is 33.1. The van der Waals surface area contributed by atoms with Crippen LogP contribution >= 0.6 is 7.82 Å². The molecule has 0 aromatic rings. The molecule has 9 nitrogen and oxygen atoms in total. The number of unbranched alkanes of at least 4 members (excludes halogenated alkanes) is 7. The van der Waals surface area contributed by atoms with Crippen molar-refractivity contribution in [2.75, 3.05) is 33.4 Å². The van der Waals surface area contributed by atoms with E-state index in [1.807, 2.05) is 12.2 Å². The average Bonchev–Trinajstić information content (AvgIpc) is 3.21. The van der Waals surface area contributed by atoms with Crippen molar-refractivity contribution < 1.29 is 37.6 Å². The second kappa shape index (κ2) is 43.3. The molecular weight excluding hydrogens is 750 g/mol. The van der Waals surface area contributed by atoms with Crippen LogP contribution in [0, 0.1) is 0 Å². The summed E-state index contributed by atoms with van der Waals surface area (Å²) in [6, 6.07) is 0. The van der Waals surface area contributed by atoms with Gasteiger partial charge in [0.1, 0.15) is 6.61 Å². The van der Waals surface area contributed by atoms with Gasteiger partial charge >= 0.3 is 19.8 Å². The number of carbonyl (C=O) groups excluding carboxylic acids is 2. The van der Waals surface area contributed by atoms with Crippen LogP contribution in [0.3, 0.4) is 0 Å². The first-order valence-corrected chi connectivity index (χ1v) is 23.3. The number of phosphoric ester groups is 1. The molecule has 2 N–H and O–H groups in total. The third-order valence-electron chi connectivity index (χ3n) is 8.39. The largest absolute Gasteiger partial charge is 0.472 e. The van der Waals surface area contributed by atoms with Crippen LogP contribution in [-0.2, 0) is 32.7 Å². The Hall–Kier alpha value is -3.33. The van der Waals surface area contributed by atoms with Gasteiger partial charge in [0.2, 0.25) is 0 Å². The van der Waals surface area contributed by atoms with Crippen LogP contribution < -0.4 is 5.32 Å². The molecule has 2 atom stereocenters. The topological polar surface area (TPSA) is 120 Å². The smallest absolute Gasteiger partial charge is 0.462 e. The van der Waals surface area contributed by atoms with Crippen LogP contribution in [0.2, 0.25) is 0 Å². The van der Waals surface area contributed by atoms with E-state index in [1.54, 1.807) is 7.05 Å². The number of likely N-dealkylation sites (N-methyl/N-ethyl adjacent to an activating group) is 1. The van der Waals surface area contributed by atoms with E-state index in [4.69, 9.17) is 18.5 Å². The average molecular weight is 828 g/mol. The lowest BCUT2D eigenvalue weighted by Crippen LogP contribution is -2.29. The Bertz CT molecular complexity index is 1310. The van der Waals surface area contributed by atoms with Gasteiger partial charge in [0, 0.05) is 19.4 Å². The van der Waals surface area contributed by atoms with Gasteiger partial charge in [-0.1, -0.05) is 149 Å². The molecule has 0 fully saturated rings. The van der Waals surface area contributed by atoms with E-state index in [0.29, 0.717) is 19.4 Å². The minimum Gasteiger partial charge on any atom is -0.462 e. The van der Waals surface area contributed by atoms with E-state index in [9.17, 15) is 19.0 Å². The van der Waals surface area contributed by atoms with Gasteiger partial charge in [0.05, 0.1) is 13.2 Å². The molecule has 0 saturated heterocycles. The van der Waals surface area contributed by atoms with E-state index < -0.39 is 32.5 Å². The highest BCUT2D eigenvalue weighted by Crippen LogP contribution is 2.43. The first-order valence-electron chi connectivity index (χ1n) is 21.8. The molecule has 0 rings (SSSR count). The van der Waals surface area contributed by atoms with Crippen LogP contribution in [0.5, 0.6) is 0 Å². The highest BCUT2D eigenvalue weighted by atomic mass is 31.2. The predicted octanol–water partition coefficient (Wildman–Crippen LogP) is 12.6. The molecule has 328 valence electrons. The van der Waals surface area contributed by atoms with E-state index in [1.165, 1.54) is 25.7 Å². The van der Waals surface area contributed by atoms with Crippen LogP contribution in [0.4, 0.5) is 0 Å². The maximum atomic E-state index is 12.6. The lowest BCUT2D eigenvalue weighted by molar-refractivity contribution is -0.161. The zero-order valence-corrected chi connectivity index (χ0v) is 37.1. The standard InChI is InChI=1S/C48H78NO8P/c1-4-6-8-10-12-14-16-18-20-22-23-25-27-29-31-33-35-37-39-41-48(51)57-46(45-56-58(52,53)55-43-42-49-3)44-54-47(50)40-38-36-34-32-30-28-26-24-21-19-17-15-13-11-9-7-5-2/h6,8,12-15,18-21,23,25-26,28-29,31,35,37,46,49H,4-5,7,9-11,16-17,22,24,27,30,32-34,36,38-45H2,1-3H3,(H,52,53)/b8-6-,14-12-,15-13-,20-18-,21-19-,25-23-,28-26-,31-29-,37-35-. The van der Waals surface area contributed by atoms with Crippen molar-refractivity contribution in [1.82, 2.24) is 5.32 Å². The summed E-state index contributed by atoms with van der Waals surface area (Å²) in [5, 5.41) is 2.81. The van der Waals surface area contributed by atoms with E-state index in [2.05, 4.69) is 116 Å². The minimum absolute atomic E-state index is 0.0410. The minimum atomic E-state index is -4.38. The van der Waals surface area contributed by atoms with Crippen LogP contribution in [0.25, 0.3) is 0 Å². The van der Waals surface area contributed by atoms with Crippen molar-refractivity contribution in [2.24, 2.45) is 0 Å². The van der Waals surface area contributed by atoms with Crippen LogP contribution in [-0.4, -0.2) is 56.3 Å². The Balaban J connectivity index is 4.42. The number of esters is 2. The Labute approximate surface area is 352 Å². The lowest BCUT2D eigenvalue weighted by Gasteiger charge is -2.19. The Kier molecular flexibility index (Phi) is 40.8. The summed E-state index contributed by atoms with van der Waals surface area (Å²) in [5.41, 5.74) is 0. The molecule has 0 radical (unpaired) electrons. The number of allylic oxidation sites excluding steroid dienone is 18. The molecule has 0 bridgehead atoms. The van der Waals surface area contributed by atoms with Gasteiger partial charge < -0.3 is 19.7 Å². The number of hydrogen-bond acceptors (Lipinski definition) is 8. The van der Waals surface area contributed by atoms with Crippen LogP contribution in [0.15, 0.2) is 109 Å². The fraction of sp³-hybridized carbons (Fsp3) is 0.583. The van der Waals surface area contributed by atoms with E-state index >= 15 is 0 Å². The maximum Gasteiger partial charge on any atom is 0.472 e. The van der Waals surface area contributed by atoms with Crippen molar-refractivity contribution in [3.8, 4) is 0 Å². The van der Waals surface area contributed by atoms with Gasteiger partial charge in [0.25, 0.3) is 0 Å². The predicted molar refractivity (Wildman–Crippen MR) is 242 cm³/mol. The number of hydrogen-bond donors (Lipinski definition) is 2. The number of carbonyl (C=O) groups is 2. The van der Waals surface area contributed by atoms with E-state index in [-0.39, 0.29) is 26.1 Å². The summed E-state index contributed by atoms with van der Waals surface area (Å²) in [6.45, 7) is 3.94. The molecule has 2 unspecified atom stereocenters. The number of phosphoric acid groups is 1. The molecule has 0 aliphatic heterocycles. The molecule has 0 aromatic carbocycles. The first-order chi connectivity index (χ1) is 28.3. The molecular formula is C48H78NO8P. The molecule has 0 saturated carbocycles. The molecule has 0 aliphatic rings. The summed E-state index contributed by atoms with van der Waals surface area (Å²) in [4.78, 5) is 35.0. The summed E-state index contributed by atoms with van der Waals surface area (Å²) in [5.74, 6) is -0.942. The van der Waals surface area contributed by atoms with Crippen molar-refractivity contribution in [2.45, 2.75) is 148 Å². The molecule has 0 aliphatic carbocycles. The third-order valence-corrected chi connectivity index (χ3v) is 9.37. The molecule has 0 spiro atoms. The zero-order valence-electron chi connectivity index (χ0n) is 36.2. The molecule has 0 amide bonds. The van der Waals surface area contributed by atoms with Gasteiger partial charge in [-0.2, -0.15) is 0 Å². The molecule has 0 heterocycles. The molecule has 10 heteroatoms. The molecule has 0 aromatic heterocycles. The Morgan fingerprint density at radius 2 is 1.02 bits per heavy atom. The lowest BCUT2D eigenvalue weighted by atomic mass is 10.1. The highest BCUT2D eigenvalue weighted by molar-refractivity contribution is 7.47. The van der Waals surface area contributed by atoms with Gasteiger partial charge in [0.15, 0.2) is 6.10 Å². The fourth-order valence-corrected chi connectivity index (χ4v) is 5.86. The van der Waals surface area contributed by atoms with Crippen molar-refractivity contribution in [3.05, 3.63) is 109 Å². The monoisotopic (exact) mass is 828 g/mol. The third kappa shape index (κ3) is 42.3. The SMILES string of the molecule is CC/C=C\C/C=C\C/C=C\C/C=C\C/C=C\C/C=C\CCC(=O)OC(COC(=O)CCCCCC/C=C\C/C=C\C/C=C\CCCCC)COP(=O)(O)OCCNC. The van der Waals surface area contributed by atoms with Gasteiger partial charge in [-0.15, -0.1) is 0 Å². The zero-order chi connectivity index (χ0) is 42.5. The Morgan fingerprint density at radius 1 is 0.552 bits per heavy atom. The first kappa shape index (κ1) is 54.7. The van der Waals surface area contributed by atoms with Crippen molar-refractivity contribution >= 4 is 19.8 Å². The fourth-order valence-electron chi connectivity index (χ4n) is 5.11. The maximum absolute atomic E-state index is 12.6. The number of nitrogens with one attached hydrogen (secondary N) is 1. The summed E-state index contributed by atoms with van der Waals surface area (Å²) in [7, 11) is -2.70. The number of ether oxygens (including phenoxy) is 2. The Morgan fingerprint density at radius 3 is 1.52 bits per heavy atom. The molecule has 58 heavy (non-hydrogen) atoms. The van der Waals surface area contributed by atoms with E-state index in [0.717, 1.165) is 77.0 Å². The quantitative estimate of drug-likeness (QED) is 0.0270. The second-order valence-electron chi connectivity index (χ2n) is 13.8. The normalized spacial score (nSPS) is 14.3. The van der Waals surface area contributed by atoms with Gasteiger partial charge in [-0.05, 0) is 96.9 Å². The van der Waals surface area contributed by atoms with Gasteiger partial charge in [-0.25, -0.2) is 4.57 Å². The summed E-state index contributed by atoms with van der Waals surface area (Å²) in [6.07, 6.45) is 55.7. The van der Waals surface area contributed by atoms with Crippen molar-refractivity contribution in [1.29, 1.82) is 0 Å². The van der Waals surface area contributed by atoms with Crippen LogP contribution in [0.1, 0.15) is 142 Å². The van der Waals surface area contributed by atoms with Crippen molar-refractivity contribution in [3.63, 3.8) is 0 Å². The number of rotatable bonds is 39. The summed E-state index contributed by atoms with van der Waals surface area (Å²) >= 11 is 0. The highest BCUT2D eigenvalue weighted by Gasteiger charge is 2.26.